The van der Waals surface area contributed by atoms with E-state index in [-0.39, 0.29) is 28.7 Å². The maximum absolute atomic E-state index is 12.9. The second kappa shape index (κ2) is 8.96. The van der Waals surface area contributed by atoms with Crippen molar-refractivity contribution in [2.75, 3.05) is 5.73 Å². The topological polar surface area (TPSA) is 204 Å². The van der Waals surface area contributed by atoms with E-state index in [1.165, 1.54) is 24.3 Å². The molecule has 0 radical (unpaired) electrons. The van der Waals surface area contributed by atoms with Crippen molar-refractivity contribution < 1.29 is 14.3 Å². The van der Waals surface area contributed by atoms with E-state index >= 15 is 0 Å². The quantitative estimate of drug-likeness (QED) is 0.243. The second-order valence-electron chi connectivity index (χ2n) is 6.80. The Morgan fingerprint density at radius 1 is 1.21 bits per heavy atom. The molecular weight excluding hydrogens is 444 g/mol. The lowest BCUT2D eigenvalue weighted by atomic mass is 10.1. The van der Waals surface area contributed by atoms with E-state index in [2.05, 4.69) is 35.8 Å². The predicted molar refractivity (Wildman–Crippen MR) is 117 cm³/mol. The number of nitro groups is 1. The molecule has 4 rings (SSSR count). The summed E-state index contributed by atoms with van der Waals surface area (Å²) in [6.45, 7) is 1.68. The summed E-state index contributed by atoms with van der Waals surface area (Å²) in [5, 5.41) is 39.0. The summed E-state index contributed by atoms with van der Waals surface area (Å²) in [6, 6.07) is 14.1. The molecule has 0 fully saturated rings. The van der Waals surface area contributed by atoms with Crippen LogP contribution in [-0.4, -0.2) is 41.8 Å². The van der Waals surface area contributed by atoms with Gasteiger partial charge in [-0.15, -0.1) is 5.10 Å². The van der Waals surface area contributed by atoms with Gasteiger partial charge in [0.1, 0.15) is 5.69 Å². The highest BCUT2D eigenvalue weighted by atomic mass is 16.6. The van der Waals surface area contributed by atoms with Crippen LogP contribution in [0.2, 0.25) is 0 Å². The number of nitrogens with one attached hydrogen (secondary N) is 1. The van der Waals surface area contributed by atoms with Crippen LogP contribution in [0.5, 0.6) is 0 Å². The van der Waals surface area contributed by atoms with Crippen molar-refractivity contribution in [1.82, 2.24) is 30.7 Å². The van der Waals surface area contributed by atoms with Gasteiger partial charge in [0.2, 0.25) is 11.6 Å². The Kier molecular flexibility index (Phi) is 5.74. The Labute approximate surface area is 190 Å². The van der Waals surface area contributed by atoms with Crippen LogP contribution in [0.4, 0.5) is 11.5 Å². The molecule has 0 saturated carbocycles. The standard InChI is InChI=1S/C20H14N10O4/c1-11(13-4-2-12(10-21)3-5-13)23-25-20(31)16-17(14-6-8-15(9-7-14)30(32)33)29(28-24-16)19-18(22)26-34-27-19/h2-9H,1H3,(H2,22,26)(H,25,31). The minimum Gasteiger partial charge on any atom is -0.378 e. The number of rotatable bonds is 6. The number of amides is 1. The van der Waals surface area contributed by atoms with Crippen LogP contribution < -0.4 is 11.2 Å². The second-order valence-corrected chi connectivity index (χ2v) is 6.80. The van der Waals surface area contributed by atoms with Crippen molar-refractivity contribution in [2.24, 2.45) is 5.10 Å². The monoisotopic (exact) mass is 458 g/mol. The lowest BCUT2D eigenvalue weighted by Crippen LogP contribution is -2.21. The molecule has 0 unspecified atom stereocenters. The third kappa shape index (κ3) is 4.16. The van der Waals surface area contributed by atoms with Gasteiger partial charge in [0.15, 0.2) is 5.69 Å². The summed E-state index contributed by atoms with van der Waals surface area (Å²) in [5.74, 6) is -0.825. The van der Waals surface area contributed by atoms with Crippen molar-refractivity contribution in [1.29, 1.82) is 5.26 Å². The van der Waals surface area contributed by atoms with Crippen molar-refractivity contribution in [3.05, 3.63) is 75.5 Å². The number of nitro benzene ring substituents is 1. The summed E-state index contributed by atoms with van der Waals surface area (Å²) in [6.07, 6.45) is 0. The van der Waals surface area contributed by atoms with Gasteiger partial charge in [-0.2, -0.15) is 15.0 Å². The van der Waals surface area contributed by atoms with Crippen LogP contribution in [0.15, 0.2) is 58.3 Å². The zero-order chi connectivity index (χ0) is 24.2. The fourth-order valence-corrected chi connectivity index (χ4v) is 2.96. The molecule has 0 aliphatic rings. The van der Waals surface area contributed by atoms with Crippen LogP contribution in [-0.2, 0) is 0 Å². The molecule has 2 aromatic carbocycles. The molecule has 4 aromatic rings. The van der Waals surface area contributed by atoms with Gasteiger partial charge in [-0.25, -0.2) is 10.1 Å². The number of hydrogen-bond acceptors (Lipinski definition) is 11. The summed E-state index contributed by atoms with van der Waals surface area (Å²) < 4.78 is 5.75. The van der Waals surface area contributed by atoms with Crippen LogP contribution in [0.3, 0.4) is 0 Å². The van der Waals surface area contributed by atoms with Crippen molar-refractivity contribution >= 4 is 23.1 Å². The summed E-state index contributed by atoms with van der Waals surface area (Å²) in [4.78, 5) is 23.4. The van der Waals surface area contributed by atoms with Crippen molar-refractivity contribution in [3.8, 4) is 23.1 Å². The smallest absolute Gasteiger partial charge is 0.294 e. The molecule has 14 heteroatoms. The highest BCUT2D eigenvalue weighted by Crippen LogP contribution is 2.28. The highest BCUT2D eigenvalue weighted by molar-refractivity contribution is 6.02. The number of carbonyl (C=O) groups is 1. The first-order chi connectivity index (χ1) is 16.4. The fraction of sp³-hybridized carbons (Fsp3) is 0.0500. The number of anilines is 1. The number of hydrogen-bond donors (Lipinski definition) is 2. The maximum Gasteiger partial charge on any atom is 0.294 e. The van der Waals surface area contributed by atoms with Gasteiger partial charge < -0.3 is 5.73 Å². The Bertz CT molecular complexity index is 1450. The lowest BCUT2D eigenvalue weighted by molar-refractivity contribution is -0.384. The molecule has 14 nitrogen and oxygen atoms in total. The Balaban J connectivity index is 1.70. The van der Waals surface area contributed by atoms with E-state index in [1.807, 2.05) is 6.07 Å². The van der Waals surface area contributed by atoms with Gasteiger partial charge in [-0.05, 0) is 47.1 Å². The van der Waals surface area contributed by atoms with Gasteiger partial charge in [0.25, 0.3) is 11.6 Å². The number of non-ortho nitro benzene ring substituents is 1. The molecule has 0 spiro atoms. The minimum absolute atomic E-state index is 0.0165. The molecule has 3 N–H and O–H groups in total. The average molecular weight is 458 g/mol. The van der Waals surface area contributed by atoms with E-state index in [1.54, 1.807) is 31.2 Å². The maximum atomic E-state index is 12.9. The fourth-order valence-electron chi connectivity index (χ4n) is 2.96. The van der Waals surface area contributed by atoms with Crippen molar-refractivity contribution in [2.45, 2.75) is 6.92 Å². The molecule has 34 heavy (non-hydrogen) atoms. The predicted octanol–water partition coefficient (Wildman–Crippen LogP) is 1.83. The molecule has 2 aromatic heterocycles. The first-order valence-electron chi connectivity index (χ1n) is 9.53. The number of nitrogens with zero attached hydrogens (tertiary/aromatic N) is 8. The third-order valence-electron chi connectivity index (χ3n) is 4.69. The van der Waals surface area contributed by atoms with Crippen LogP contribution in [0.25, 0.3) is 17.1 Å². The van der Waals surface area contributed by atoms with Crippen molar-refractivity contribution in [3.63, 3.8) is 0 Å². The number of carbonyl (C=O) groups excluding carboxylic acids is 1. The number of hydrazone groups is 1. The summed E-state index contributed by atoms with van der Waals surface area (Å²) in [7, 11) is 0. The molecule has 0 bridgehead atoms. The van der Waals surface area contributed by atoms with Gasteiger partial charge in [0.05, 0.1) is 22.3 Å². The van der Waals surface area contributed by atoms with E-state index in [0.717, 1.165) is 4.68 Å². The Hall–Kier alpha value is -5.45. The number of nitrogen functional groups attached to an aromatic ring is 1. The molecule has 2 heterocycles. The van der Waals surface area contributed by atoms with Gasteiger partial charge in [-0.3, -0.25) is 14.9 Å². The molecule has 0 aliphatic heterocycles. The van der Waals surface area contributed by atoms with E-state index in [9.17, 15) is 14.9 Å². The van der Waals surface area contributed by atoms with Gasteiger partial charge in [0, 0.05) is 17.7 Å². The minimum atomic E-state index is -0.706. The van der Waals surface area contributed by atoms with Crippen LogP contribution >= 0.6 is 0 Å². The highest BCUT2D eigenvalue weighted by Gasteiger charge is 2.25. The van der Waals surface area contributed by atoms with E-state index in [4.69, 9.17) is 11.0 Å². The van der Waals surface area contributed by atoms with E-state index < -0.39 is 10.8 Å². The van der Waals surface area contributed by atoms with E-state index in [0.29, 0.717) is 22.4 Å². The molecule has 168 valence electrons. The lowest BCUT2D eigenvalue weighted by Gasteiger charge is -2.06. The number of nitrogens with two attached hydrogens (primary N) is 1. The molecule has 0 aliphatic carbocycles. The largest absolute Gasteiger partial charge is 0.378 e. The summed E-state index contributed by atoms with van der Waals surface area (Å²) in [5.41, 5.74) is 10.1. The normalized spacial score (nSPS) is 11.1. The zero-order valence-corrected chi connectivity index (χ0v) is 17.4. The molecule has 0 saturated heterocycles. The van der Waals surface area contributed by atoms with Gasteiger partial charge >= 0.3 is 0 Å². The van der Waals surface area contributed by atoms with Gasteiger partial charge in [-0.1, -0.05) is 17.3 Å². The molecular formula is C20H14N10O4. The number of aromatic nitrogens is 5. The third-order valence-corrected chi connectivity index (χ3v) is 4.69. The molecule has 1 amide bonds. The molecule has 0 atom stereocenters. The van der Waals surface area contributed by atoms with Crippen LogP contribution in [0, 0.1) is 21.4 Å². The number of nitriles is 1. The Morgan fingerprint density at radius 2 is 1.91 bits per heavy atom. The first-order valence-corrected chi connectivity index (χ1v) is 9.53. The first kappa shape index (κ1) is 21.8. The average Bonchev–Trinajstić information content (AvgIpc) is 3.48. The summed E-state index contributed by atoms with van der Waals surface area (Å²) >= 11 is 0. The zero-order valence-electron chi connectivity index (χ0n) is 17.4. The Morgan fingerprint density at radius 3 is 2.50 bits per heavy atom. The SMILES string of the molecule is CC(=NNC(=O)c1nnn(-c2nonc2N)c1-c1ccc([N+](=O)[O-])cc1)c1ccc(C#N)cc1. The van der Waals surface area contributed by atoms with Crippen LogP contribution in [0.1, 0.15) is 28.5 Å². The number of benzene rings is 2.